The van der Waals surface area contributed by atoms with Crippen LogP contribution in [0, 0.1) is 6.92 Å². The van der Waals surface area contributed by atoms with Gasteiger partial charge >= 0.3 is 0 Å². The number of phenolic OH excluding ortho intramolecular Hbond substituents is 1. The van der Waals surface area contributed by atoms with Gasteiger partial charge in [0.25, 0.3) is 0 Å². The molecular weight excluding hydrogens is 691 g/mol. The highest BCUT2D eigenvalue weighted by Crippen LogP contribution is 2.46. The Bertz CT molecular complexity index is 2070. The summed E-state index contributed by atoms with van der Waals surface area (Å²) >= 11 is 1.47. The number of ether oxygens (including phenoxy) is 2. The van der Waals surface area contributed by atoms with E-state index in [2.05, 4.69) is 54.7 Å². The maximum absolute atomic E-state index is 11.2. The molecule has 0 aromatic heterocycles. The summed E-state index contributed by atoms with van der Waals surface area (Å²) in [7, 11) is 4.76. The predicted molar refractivity (Wildman–Crippen MR) is 186 cm³/mol. The average Bonchev–Trinajstić information content (AvgIpc) is 3.14. The van der Waals surface area contributed by atoms with Crippen molar-refractivity contribution in [2.24, 2.45) is 30.7 Å². The molecule has 0 radical (unpaired) electrons. The quantitative estimate of drug-likeness (QED) is 0.0345. The van der Waals surface area contributed by atoms with Crippen molar-refractivity contribution in [1.82, 2.24) is 0 Å². The standard InChI is InChI=1S/C32H29N7O9S2/c1-18-12-27(38-39-31-30(50-48-46-42)13-19-8-9-20(33-2)15-24(19)32(31)40)29(44-4)17-26(18)37-36-25-11-10-22(16-28(25)43-3)35-34-21-6-5-7-23(14-21)49-47-45-41/h5-17,33,40-42H,1-4H3. The summed E-state index contributed by atoms with van der Waals surface area (Å²) in [5, 5.41) is 65.9. The summed E-state index contributed by atoms with van der Waals surface area (Å²) in [5.41, 5.74) is 3.93. The second kappa shape index (κ2) is 17.5. The van der Waals surface area contributed by atoms with Gasteiger partial charge in [-0.25, -0.2) is 10.5 Å². The number of anilines is 1. The van der Waals surface area contributed by atoms with Crippen LogP contribution in [0.2, 0.25) is 0 Å². The number of nitrogens with one attached hydrogen (secondary N) is 1. The van der Waals surface area contributed by atoms with Gasteiger partial charge in [0, 0.05) is 35.1 Å². The van der Waals surface area contributed by atoms with Crippen molar-refractivity contribution in [1.29, 1.82) is 0 Å². The molecule has 5 aromatic carbocycles. The molecule has 0 spiro atoms. The first-order valence-corrected chi connectivity index (χ1v) is 15.8. The van der Waals surface area contributed by atoms with Crippen LogP contribution in [0.1, 0.15) is 5.56 Å². The molecule has 18 heteroatoms. The van der Waals surface area contributed by atoms with Crippen LogP contribution in [0.4, 0.5) is 39.8 Å². The van der Waals surface area contributed by atoms with Gasteiger partial charge in [-0.1, -0.05) is 22.2 Å². The molecule has 0 saturated carbocycles. The highest BCUT2D eigenvalue weighted by atomic mass is 32.2. The van der Waals surface area contributed by atoms with Gasteiger partial charge in [-0.15, -0.1) is 24.0 Å². The van der Waals surface area contributed by atoms with Crippen molar-refractivity contribution in [2.75, 3.05) is 26.6 Å². The van der Waals surface area contributed by atoms with Crippen LogP contribution in [0.5, 0.6) is 17.2 Å². The van der Waals surface area contributed by atoms with Crippen molar-refractivity contribution in [2.45, 2.75) is 16.7 Å². The van der Waals surface area contributed by atoms with E-state index in [0.29, 0.717) is 78.1 Å². The van der Waals surface area contributed by atoms with E-state index in [0.717, 1.165) is 17.7 Å². The molecule has 0 fully saturated rings. The fraction of sp³-hybridized carbons (Fsp3) is 0.125. The molecular formula is C32H29N7O9S2. The molecule has 50 heavy (non-hydrogen) atoms. The van der Waals surface area contributed by atoms with Crippen LogP contribution < -0.4 is 14.8 Å². The lowest BCUT2D eigenvalue weighted by Gasteiger charge is -2.11. The van der Waals surface area contributed by atoms with E-state index in [1.807, 2.05) is 19.1 Å². The number of azo groups is 3. The third kappa shape index (κ3) is 8.88. The summed E-state index contributed by atoms with van der Waals surface area (Å²) in [5.74, 6) is 0.610. The minimum absolute atomic E-state index is 0.0848. The number of hydrogen-bond donors (Lipinski definition) is 4. The smallest absolute Gasteiger partial charge is 0.152 e. The Balaban J connectivity index is 1.39. The SMILES string of the molecule is CNc1ccc2cc(SOOO)c(N=Nc3cc(C)c(N=Nc4ccc(N=Nc5cccc(SOOO)c5)cc4OC)cc3OC)c(O)c2c1. The van der Waals surface area contributed by atoms with Gasteiger partial charge in [0.2, 0.25) is 0 Å². The summed E-state index contributed by atoms with van der Waals surface area (Å²) in [6.07, 6.45) is 0. The molecule has 258 valence electrons. The Labute approximate surface area is 293 Å². The maximum atomic E-state index is 11.2. The average molecular weight is 720 g/mol. The summed E-state index contributed by atoms with van der Waals surface area (Å²) in [4.78, 5) is 0.980. The molecule has 0 bridgehead atoms. The fourth-order valence-corrected chi connectivity index (χ4v) is 5.42. The second-order valence-corrected chi connectivity index (χ2v) is 11.5. The zero-order valence-corrected chi connectivity index (χ0v) is 28.4. The molecule has 4 N–H and O–H groups in total. The fourth-order valence-electron chi connectivity index (χ4n) is 4.51. The van der Waals surface area contributed by atoms with Crippen molar-refractivity contribution in [3.8, 4) is 17.2 Å². The van der Waals surface area contributed by atoms with Gasteiger partial charge in [0.1, 0.15) is 28.6 Å². The van der Waals surface area contributed by atoms with Crippen molar-refractivity contribution < 1.29 is 43.8 Å². The van der Waals surface area contributed by atoms with Crippen molar-refractivity contribution in [3.05, 3.63) is 84.4 Å². The number of rotatable bonds is 15. The largest absolute Gasteiger partial charge is 0.505 e. The van der Waals surface area contributed by atoms with E-state index in [1.165, 1.54) is 14.2 Å². The Kier molecular flexibility index (Phi) is 12.6. The Morgan fingerprint density at radius 1 is 0.660 bits per heavy atom. The number of methoxy groups -OCH3 is 2. The monoisotopic (exact) mass is 719 g/mol. The highest BCUT2D eigenvalue weighted by molar-refractivity contribution is 7.94. The molecule has 5 aromatic rings. The van der Waals surface area contributed by atoms with Crippen molar-refractivity contribution in [3.63, 3.8) is 0 Å². The second-order valence-electron chi connectivity index (χ2n) is 9.97. The molecule has 0 saturated heterocycles. The Hall–Kier alpha value is -5.18. The first kappa shape index (κ1) is 36.1. The van der Waals surface area contributed by atoms with Crippen LogP contribution >= 0.6 is 24.1 Å². The van der Waals surface area contributed by atoms with Crippen LogP contribution in [-0.4, -0.2) is 36.9 Å². The molecule has 0 aliphatic rings. The first-order chi connectivity index (χ1) is 24.4. The number of benzene rings is 5. The molecule has 16 nitrogen and oxygen atoms in total. The third-order valence-corrected chi connectivity index (χ3v) is 8.13. The molecule has 0 atom stereocenters. The van der Waals surface area contributed by atoms with Gasteiger partial charge in [-0.05, 0) is 72.5 Å². The van der Waals surface area contributed by atoms with E-state index in [1.54, 1.807) is 73.8 Å². The number of aromatic hydroxyl groups is 1. The molecule has 0 unspecified atom stereocenters. The van der Waals surface area contributed by atoms with Crippen LogP contribution in [0.15, 0.2) is 119 Å². The third-order valence-electron chi connectivity index (χ3n) is 6.94. The topological polar surface area (TPSA) is 202 Å². The lowest BCUT2D eigenvalue weighted by atomic mass is 10.1. The van der Waals surface area contributed by atoms with Gasteiger partial charge < -0.3 is 19.9 Å². The minimum atomic E-state index is -0.150. The van der Waals surface area contributed by atoms with Gasteiger partial charge in [-0.3, -0.25) is 0 Å². The highest BCUT2D eigenvalue weighted by Gasteiger charge is 2.17. The molecule has 0 aliphatic carbocycles. The van der Waals surface area contributed by atoms with E-state index >= 15 is 0 Å². The van der Waals surface area contributed by atoms with Gasteiger partial charge in [0.05, 0.1) is 60.3 Å². The lowest BCUT2D eigenvalue weighted by molar-refractivity contribution is -0.432. The van der Waals surface area contributed by atoms with Crippen LogP contribution in [0.25, 0.3) is 10.8 Å². The number of hydrogen-bond acceptors (Lipinski definition) is 18. The van der Waals surface area contributed by atoms with Gasteiger partial charge in [-0.2, -0.15) is 15.3 Å². The van der Waals surface area contributed by atoms with Crippen LogP contribution in [0.3, 0.4) is 0 Å². The normalized spacial score (nSPS) is 11.7. The number of nitrogens with zero attached hydrogens (tertiary/aromatic N) is 6. The molecule has 0 heterocycles. The Morgan fingerprint density at radius 2 is 1.36 bits per heavy atom. The number of fused-ring (bicyclic) bond motifs is 1. The Morgan fingerprint density at radius 3 is 2.10 bits per heavy atom. The predicted octanol–water partition coefficient (Wildman–Crippen LogP) is 11.0. The van der Waals surface area contributed by atoms with Crippen molar-refractivity contribution >= 4 is 74.7 Å². The maximum Gasteiger partial charge on any atom is 0.152 e. The molecule has 5 rings (SSSR count). The summed E-state index contributed by atoms with van der Waals surface area (Å²) in [6, 6.07) is 22.6. The minimum Gasteiger partial charge on any atom is -0.505 e. The number of phenols is 1. The molecule has 0 amide bonds. The summed E-state index contributed by atoms with van der Waals surface area (Å²) < 4.78 is 20.2. The zero-order chi connectivity index (χ0) is 35.5. The van der Waals surface area contributed by atoms with E-state index in [9.17, 15) is 5.11 Å². The molecule has 0 aliphatic heterocycles. The number of aryl methyl sites for hydroxylation is 1. The first-order valence-electron chi connectivity index (χ1n) is 14.4. The van der Waals surface area contributed by atoms with Gasteiger partial charge in [0.15, 0.2) is 5.75 Å². The zero-order valence-electron chi connectivity index (χ0n) is 26.8. The van der Waals surface area contributed by atoms with E-state index in [4.69, 9.17) is 20.0 Å². The summed E-state index contributed by atoms with van der Waals surface area (Å²) in [6.45, 7) is 1.82. The van der Waals surface area contributed by atoms with E-state index in [-0.39, 0.29) is 11.4 Å². The lowest BCUT2D eigenvalue weighted by Crippen LogP contribution is -1.88. The van der Waals surface area contributed by atoms with Crippen LogP contribution in [-0.2, 0) is 18.7 Å². The van der Waals surface area contributed by atoms with E-state index < -0.39 is 0 Å².